The molecule has 7 heteroatoms. The summed E-state index contributed by atoms with van der Waals surface area (Å²) in [5.41, 5.74) is 4.89. The van der Waals surface area contributed by atoms with Gasteiger partial charge in [0.2, 0.25) is 0 Å². The average molecular weight is 272 g/mol. The average Bonchev–Trinajstić information content (AvgIpc) is 2.15. The Kier molecular flexibility index (Phi) is 4.35. The van der Waals surface area contributed by atoms with Gasteiger partial charge in [-0.3, -0.25) is 0 Å². The van der Waals surface area contributed by atoms with Crippen LogP contribution >= 0.6 is 11.6 Å². The zero-order valence-corrected chi connectivity index (χ0v) is 9.26. The number of nitrogens with two attached hydrogens (primary N) is 1. The normalized spacial score (nSPS) is 15.7. The summed E-state index contributed by atoms with van der Waals surface area (Å²) in [6, 6.07) is 0.896. The standard InChI is InChI=1S/C10H10ClF4NO/c11-7-3-5(12)1-2-6(7)8(17)4-9(16)10(13,14)15/h1-3,8-9,17H,4,16H2/t8-,9+/m0/s1. The molecule has 0 fully saturated rings. The van der Waals surface area contributed by atoms with Crippen molar-refractivity contribution >= 4 is 11.6 Å². The number of aliphatic hydroxyl groups excluding tert-OH is 1. The van der Waals surface area contributed by atoms with Crippen LogP contribution in [0.1, 0.15) is 18.1 Å². The van der Waals surface area contributed by atoms with Gasteiger partial charge in [0.15, 0.2) is 0 Å². The van der Waals surface area contributed by atoms with E-state index < -0.39 is 30.6 Å². The minimum atomic E-state index is -4.59. The summed E-state index contributed by atoms with van der Waals surface area (Å²) in [7, 11) is 0. The first-order valence-corrected chi connectivity index (χ1v) is 5.05. The zero-order chi connectivity index (χ0) is 13.2. The van der Waals surface area contributed by atoms with Gasteiger partial charge in [-0.25, -0.2) is 4.39 Å². The number of aliphatic hydroxyl groups is 1. The van der Waals surface area contributed by atoms with E-state index in [1.165, 1.54) is 0 Å². The smallest absolute Gasteiger partial charge is 0.388 e. The molecule has 0 aliphatic rings. The Hall–Kier alpha value is -0.850. The van der Waals surface area contributed by atoms with E-state index >= 15 is 0 Å². The Morgan fingerprint density at radius 1 is 1.35 bits per heavy atom. The lowest BCUT2D eigenvalue weighted by Crippen LogP contribution is -2.38. The molecular weight excluding hydrogens is 262 g/mol. The molecular formula is C10H10ClF4NO. The zero-order valence-electron chi connectivity index (χ0n) is 8.51. The predicted octanol–water partition coefficient (Wildman–Crippen LogP) is 2.79. The molecule has 0 saturated carbocycles. The quantitative estimate of drug-likeness (QED) is 0.831. The van der Waals surface area contributed by atoms with E-state index in [0.29, 0.717) is 0 Å². The summed E-state index contributed by atoms with van der Waals surface area (Å²) in [6.45, 7) is 0. The van der Waals surface area contributed by atoms with Crippen LogP contribution in [0.5, 0.6) is 0 Å². The number of hydrogen-bond donors (Lipinski definition) is 2. The molecule has 0 spiro atoms. The summed E-state index contributed by atoms with van der Waals surface area (Å²) >= 11 is 5.60. The van der Waals surface area contributed by atoms with Gasteiger partial charge in [-0.1, -0.05) is 17.7 Å². The van der Waals surface area contributed by atoms with Crippen molar-refractivity contribution in [2.45, 2.75) is 24.7 Å². The van der Waals surface area contributed by atoms with Crippen molar-refractivity contribution in [1.29, 1.82) is 0 Å². The van der Waals surface area contributed by atoms with Crippen LogP contribution in [0.15, 0.2) is 18.2 Å². The van der Waals surface area contributed by atoms with Crippen LogP contribution in [0.4, 0.5) is 17.6 Å². The van der Waals surface area contributed by atoms with Gasteiger partial charge in [0.1, 0.15) is 11.9 Å². The largest absolute Gasteiger partial charge is 0.403 e. The van der Waals surface area contributed by atoms with Gasteiger partial charge >= 0.3 is 6.18 Å². The second kappa shape index (κ2) is 5.20. The van der Waals surface area contributed by atoms with Gasteiger partial charge in [0.25, 0.3) is 0 Å². The Bertz CT molecular complexity index is 396. The number of hydrogen-bond acceptors (Lipinski definition) is 2. The van der Waals surface area contributed by atoms with Crippen LogP contribution in [0.25, 0.3) is 0 Å². The Labute approximate surface area is 100.0 Å². The van der Waals surface area contributed by atoms with Gasteiger partial charge in [0.05, 0.1) is 6.10 Å². The monoisotopic (exact) mass is 271 g/mol. The van der Waals surface area contributed by atoms with Gasteiger partial charge < -0.3 is 10.8 Å². The highest BCUT2D eigenvalue weighted by molar-refractivity contribution is 6.31. The Morgan fingerprint density at radius 2 is 1.94 bits per heavy atom. The lowest BCUT2D eigenvalue weighted by molar-refractivity contribution is -0.153. The van der Waals surface area contributed by atoms with Crippen LogP contribution in [0.2, 0.25) is 5.02 Å². The van der Waals surface area contributed by atoms with Crippen molar-refractivity contribution in [3.63, 3.8) is 0 Å². The lowest BCUT2D eigenvalue weighted by atomic mass is 10.0. The molecule has 0 amide bonds. The summed E-state index contributed by atoms with van der Waals surface area (Å²) < 4.78 is 49.2. The maximum Gasteiger partial charge on any atom is 0.403 e. The third-order valence-electron chi connectivity index (χ3n) is 2.22. The fraction of sp³-hybridized carbons (Fsp3) is 0.400. The van der Waals surface area contributed by atoms with Crippen LogP contribution in [-0.2, 0) is 0 Å². The first-order valence-electron chi connectivity index (χ1n) is 4.67. The van der Waals surface area contributed by atoms with Crippen molar-refractivity contribution < 1.29 is 22.7 Å². The first-order chi connectivity index (χ1) is 7.71. The summed E-state index contributed by atoms with van der Waals surface area (Å²) in [4.78, 5) is 0. The molecule has 0 saturated heterocycles. The van der Waals surface area contributed by atoms with Gasteiger partial charge in [0, 0.05) is 11.4 Å². The van der Waals surface area contributed by atoms with E-state index in [9.17, 15) is 22.7 Å². The van der Waals surface area contributed by atoms with Crippen molar-refractivity contribution in [2.75, 3.05) is 0 Å². The van der Waals surface area contributed by atoms with Gasteiger partial charge in [-0.2, -0.15) is 13.2 Å². The summed E-state index contributed by atoms with van der Waals surface area (Å²) in [5, 5.41) is 9.41. The number of alkyl halides is 3. The van der Waals surface area contributed by atoms with E-state index in [4.69, 9.17) is 17.3 Å². The molecule has 0 aromatic heterocycles. The summed E-state index contributed by atoms with van der Waals surface area (Å²) in [6.07, 6.45) is -6.80. The predicted molar refractivity (Wildman–Crippen MR) is 55.0 cm³/mol. The molecule has 0 heterocycles. The molecule has 17 heavy (non-hydrogen) atoms. The van der Waals surface area contributed by atoms with E-state index in [2.05, 4.69) is 0 Å². The van der Waals surface area contributed by atoms with E-state index in [1.807, 2.05) is 0 Å². The highest BCUT2D eigenvalue weighted by atomic mass is 35.5. The third kappa shape index (κ3) is 3.83. The third-order valence-corrected chi connectivity index (χ3v) is 2.55. The van der Waals surface area contributed by atoms with Crippen LogP contribution in [-0.4, -0.2) is 17.3 Å². The molecule has 2 atom stereocenters. The molecule has 1 aromatic rings. The van der Waals surface area contributed by atoms with E-state index in [1.54, 1.807) is 0 Å². The highest BCUT2D eigenvalue weighted by Gasteiger charge is 2.38. The second-order valence-electron chi connectivity index (χ2n) is 3.57. The molecule has 0 aliphatic heterocycles. The van der Waals surface area contributed by atoms with E-state index in [0.717, 1.165) is 18.2 Å². The lowest BCUT2D eigenvalue weighted by Gasteiger charge is -2.19. The van der Waals surface area contributed by atoms with Crippen molar-refractivity contribution in [3.05, 3.63) is 34.6 Å². The SMILES string of the molecule is N[C@H](C[C@H](O)c1ccc(F)cc1Cl)C(F)(F)F. The number of rotatable bonds is 3. The maximum absolute atomic E-state index is 12.7. The minimum Gasteiger partial charge on any atom is -0.388 e. The maximum atomic E-state index is 12.7. The molecule has 1 aromatic carbocycles. The molecule has 1 rings (SSSR count). The molecule has 2 nitrogen and oxygen atoms in total. The fourth-order valence-corrected chi connectivity index (χ4v) is 1.57. The molecule has 0 bridgehead atoms. The van der Waals surface area contributed by atoms with Crippen molar-refractivity contribution in [3.8, 4) is 0 Å². The molecule has 0 unspecified atom stereocenters. The van der Waals surface area contributed by atoms with E-state index in [-0.39, 0.29) is 10.6 Å². The Balaban J connectivity index is 2.80. The molecule has 3 N–H and O–H groups in total. The first kappa shape index (κ1) is 14.2. The number of benzene rings is 1. The molecule has 0 radical (unpaired) electrons. The molecule has 0 aliphatic carbocycles. The summed E-state index contributed by atoms with van der Waals surface area (Å²) in [5.74, 6) is -0.633. The highest BCUT2D eigenvalue weighted by Crippen LogP contribution is 2.30. The molecule has 96 valence electrons. The van der Waals surface area contributed by atoms with Gasteiger partial charge in [-0.15, -0.1) is 0 Å². The van der Waals surface area contributed by atoms with Crippen LogP contribution < -0.4 is 5.73 Å². The minimum absolute atomic E-state index is 0.0211. The van der Waals surface area contributed by atoms with Crippen molar-refractivity contribution in [2.24, 2.45) is 5.73 Å². The fourth-order valence-electron chi connectivity index (χ4n) is 1.27. The van der Waals surface area contributed by atoms with Crippen LogP contribution in [0, 0.1) is 5.82 Å². The van der Waals surface area contributed by atoms with Gasteiger partial charge in [-0.05, 0) is 17.7 Å². The number of halogens is 5. The Morgan fingerprint density at radius 3 is 2.41 bits per heavy atom. The van der Waals surface area contributed by atoms with Crippen molar-refractivity contribution in [1.82, 2.24) is 0 Å². The van der Waals surface area contributed by atoms with Crippen LogP contribution in [0.3, 0.4) is 0 Å². The second-order valence-corrected chi connectivity index (χ2v) is 3.97. The topological polar surface area (TPSA) is 46.2 Å².